The molecule has 1 atom stereocenters. The second kappa shape index (κ2) is 5.39. The minimum absolute atomic E-state index is 0.358. The number of aromatic nitrogens is 3. The number of nitrogens with two attached hydrogens (primary N) is 1. The highest BCUT2D eigenvalue weighted by Crippen LogP contribution is 2.32. The van der Waals surface area contributed by atoms with Crippen LogP contribution in [-0.2, 0) is 12.6 Å². The van der Waals surface area contributed by atoms with Gasteiger partial charge in [-0.3, -0.25) is 4.68 Å². The molecule has 0 spiro atoms. The van der Waals surface area contributed by atoms with E-state index in [-0.39, 0.29) is 5.54 Å². The second-order valence-electron chi connectivity index (χ2n) is 5.92. The molecule has 1 saturated carbocycles. The first-order chi connectivity index (χ1) is 8.54. The van der Waals surface area contributed by atoms with E-state index in [0.717, 1.165) is 24.5 Å². The number of hydrogen-bond donors (Lipinski definition) is 1. The van der Waals surface area contributed by atoms with E-state index in [2.05, 4.69) is 18.9 Å². The van der Waals surface area contributed by atoms with E-state index in [4.69, 9.17) is 10.7 Å². The van der Waals surface area contributed by atoms with Crippen LogP contribution in [0.15, 0.2) is 0 Å². The quantitative estimate of drug-likeness (QED) is 0.894. The van der Waals surface area contributed by atoms with Crippen molar-refractivity contribution in [3.05, 3.63) is 11.6 Å². The Balaban J connectivity index is 2.20. The van der Waals surface area contributed by atoms with Crippen molar-refractivity contribution in [2.45, 2.75) is 70.3 Å². The predicted molar refractivity (Wildman–Crippen MR) is 73.3 cm³/mol. The maximum absolute atomic E-state index is 6.37. The SMILES string of the molecule is CCCC(C)(N)c1nc(C2CCCCC2)nn1C. The predicted octanol–water partition coefficient (Wildman–Crippen LogP) is 2.84. The van der Waals surface area contributed by atoms with Gasteiger partial charge in [0.25, 0.3) is 0 Å². The van der Waals surface area contributed by atoms with Crippen LogP contribution in [0.5, 0.6) is 0 Å². The van der Waals surface area contributed by atoms with Gasteiger partial charge in [-0.1, -0.05) is 32.6 Å². The van der Waals surface area contributed by atoms with Crippen molar-refractivity contribution in [3.8, 4) is 0 Å². The molecule has 1 unspecified atom stereocenters. The van der Waals surface area contributed by atoms with Crippen LogP contribution < -0.4 is 5.73 Å². The number of hydrogen-bond acceptors (Lipinski definition) is 3. The molecule has 1 aromatic heterocycles. The van der Waals surface area contributed by atoms with Crippen LogP contribution in [-0.4, -0.2) is 14.8 Å². The third kappa shape index (κ3) is 2.74. The van der Waals surface area contributed by atoms with Crippen molar-refractivity contribution in [1.29, 1.82) is 0 Å². The number of aryl methyl sites for hydroxylation is 1. The van der Waals surface area contributed by atoms with Crippen molar-refractivity contribution in [2.75, 3.05) is 0 Å². The lowest BCUT2D eigenvalue weighted by atomic mass is 9.89. The maximum atomic E-state index is 6.37. The van der Waals surface area contributed by atoms with Crippen LogP contribution in [0.2, 0.25) is 0 Å². The molecule has 4 heteroatoms. The first-order valence-corrected chi connectivity index (χ1v) is 7.25. The maximum Gasteiger partial charge on any atom is 0.154 e. The van der Waals surface area contributed by atoms with Gasteiger partial charge in [0, 0.05) is 13.0 Å². The Hall–Kier alpha value is -0.900. The molecule has 4 nitrogen and oxygen atoms in total. The molecular formula is C14H26N4. The first-order valence-electron chi connectivity index (χ1n) is 7.25. The molecule has 0 saturated heterocycles. The molecule has 102 valence electrons. The fraction of sp³-hybridized carbons (Fsp3) is 0.857. The van der Waals surface area contributed by atoms with Crippen molar-refractivity contribution >= 4 is 0 Å². The van der Waals surface area contributed by atoms with E-state index in [9.17, 15) is 0 Å². The zero-order valence-electron chi connectivity index (χ0n) is 11.9. The van der Waals surface area contributed by atoms with Crippen LogP contribution in [0.1, 0.15) is 76.4 Å². The first kappa shape index (κ1) is 13.5. The Morgan fingerprint density at radius 3 is 2.61 bits per heavy atom. The van der Waals surface area contributed by atoms with Gasteiger partial charge in [0.1, 0.15) is 5.82 Å². The van der Waals surface area contributed by atoms with E-state index in [1.54, 1.807) is 0 Å². The normalized spacial score (nSPS) is 20.9. The van der Waals surface area contributed by atoms with Gasteiger partial charge in [-0.2, -0.15) is 5.10 Å². The number of rotatable bonds is 4. The zero-order chi connectivity index (χ0) is 13.2. The van der Waals surface area contributed by atoms with Crippen molar-refractivity contribution in [2.24, 2.45) is 12.8 Å². The van der Waals surface area contributed by atoms with Gasteiger partial charge in [0.15, 0.2) is 5.82 Å². The van der Waals surface area contributed by atoms with E-state index < -0.39 is 0 Å². The molecule has 2 rings (SSSR count). The summed E-state index contributed by atoms with van der Waals surface area (Å²) in [5, 5.41) is 4.61. The van der Waals surface area contributed by atoms with Crippen molar-refractivity contribution in [3.63, 3.8) is 0 Å². The Bertz CT molecular complexity index is 388. The Labute approximate surface area is 110 Å². The molecule has 0 radical (unpaired) electrons. The van der Waals surface area contributed by atoms with Crippen LogP contribution in [0.4, 0.5) is 0 Å². The van der Waals surface area contributed by atoms with Crippen molar-refractivity contribution < 1.29 is 0 Å². The van der Waals surface area contributed by atoms with Gasteiger partial charge in [-0.25, -0.2) is 4.98 Å². The van der Waals surface area contributed by atoms with Crippen molar-refractivity contribution in [1.82, 2.24) is 14.8 Å². The largest absolute Gasteiger partial charge is 0.319 e. The van der Waals surface area contributed by atoms with Gasteiger partial charge in [-0.15, -0.1) is 0 Å². The standard InChI is InChI=1S/C14H26N4/c1-4-10-14(2,15)13-16-12(17-18(13)3)11-8-6-5-7-9-11/h11H,4-10,15H2,1-3H3. The molecule has 0 aliphatic heterocycles. The summed E-state index contributed by atoms with van der Waals surface area (Å²) in [5.41, 5.74) is 6.01. The lowest BCUT2D eigenvalue weighted by molar-refractivity contribution is 0.400. The fourth-order valence-corrected chi connectivity index (χ4v) is 3.07. The fourth-order valence-electron chi connectivity index (χ4n) is 3.07. The molecule has 18 heavy (non-hydrogen) atoms. The van der Waals surface area contributed by atoms with Crippen LogP contribution in [0, 0.1) is 0 Å². The van der Waals surface area contributed by atoms with Crippen LogP contribution in [0.3, 0.4) is 0 Å². The molecule has 0 amide bonds. The average molecular weight is 250 g/mol. The minimum atomic E-state index is -0.358. The van der Waals surface area contributed by atoms with E-state index in [1.165, 1.54) is 32.1 Å². The third-order valence-corrected chi connectivity index (χ3v) is 4.03. The highest BCUT2D eigenvalue weighted by atomic mass is 15.3. The average Bonchev–Trinajstić information content (AvgIpc) is 2.73. The van der Waals surface area contributed by atoms with E-state index in [0.29, 0.717) is 5.92 Å². The minimum Gasteiger partial charge on any atom is -0.319 e. The van der Waals surface area contributed by atoms with Gasteiger partial charge < -0.3 is 5.73 Å². The Morgan fingerprint density at radius 1 is 1.33 bits per heavy atom. The van der Waals surface area contributed by atoms with Gasteiger partial charge in [0.2, 0.25) is 0 Å². The summed E-state index contributed by atoms with van der Waals surface area (Å²) in [6.07, 6.45) is 8.47. The zero-order valence-corrected chi connectivity index (χ0v) is 11.9. The van der Waals surface area contributed by atoms with Gasteiger partial charge >= 0.3 is 0 Å². The van der Waals surface area contributed by atoms with Gasteiger partial charge in [-0.05, 0) is 26.2 Å². The molecule has 1 aliphatic carbocycles. The smallest absolute Gasteiger partial charge is 0.154 e. The molecule has 1 aromatic rings. The van der Waals surface area contributed by atoms with Crippen LogP contribution in [0.25, 0.3) is 0 Å². The summed E-state index contributed by atoms with van der Waals surface area (Å²) >= 11 is 0. The Kier molecular flexibility index (Phi) is 4.05. The summed E-state index contributed by atoms with van der Waals surface area (Å²) in [7, 11) is 1.97. The summed E-state index contributed by atoms with van der Waals surface area (Å²) in [6, 6.07) is 0. The van der Waals surface area contributed by atoms with E-state index >= 15 is 0 Å². The highest BCUT2D eigenvalue weighted by Gasteiger charge is 2.29. The topological polar surface area (TPSA) is 56.7 Å². The highest BCUT2D eigenvalue weighted by molar-refractivity contribution is 5.08. The molecule has 1 aliphatic rings. The summed E-state index contributed by atoms with van der Waals surface area (Å²) in [4.78, 5) is 4.75. The third-order valence-electron chi connectivity index (χ3n) is 4.03. The molecular weight excluding hydrogens is 224 g/mol. The van der Waals surface area contributed by atoms with Crippen LogP contribution >= 0.6 is 0 Å². The summed E-state index contributed by atoms with van der Waals surface area (Å²) < 4.78 is 1.89. The Morgan fingerprint density at radius 2 is 2.00 bits per heavy atom. The lowest BCUT2D eigenvalue weighted by Gasteiger charge is -2.22. The molecule has 2 N–H and O–H groups in total. The number of nitrogens with zero attached hydrogens (tertiary/aromatic N) is 3. The molecule has 0 bridgehead atoms. The lowest BCUT2D eigenvalue weighted by Crippen LogP contribution is -2.35. The molecule has 0 aromatic carbocycles. The summed E-state index contributed by atoms with van der Waals surface area (Å²) in [6.45, 7) is 4.22. The molecule has 1 heterocycles. The summed E-state index contributed by atoms with van der Waals surface area (Å²) in [5.74, 6) is 2.50. The monoisotopic (exact) mass is 250 g/mol. The van der Waals surface area contributed by atoms with E-state index in [1.807, 2.05) is 11.7 Å². The van der Waals surface area contributed by atoms with Gasteiger partial charge in [0.05, 0.1) is 5.54 Å². The second-order valence-corrected chi connectivity index (χ2v) is 5.92. The molecule has 1 fully saturated rings.